The molecule has 0 saturated heterocycles. The Bertz CT molecular complexity index is 1200. The maximum Gasteiger partial charge on any atom is 0.419 e. The molecule has 1 saturated carbocycles. The van der Waals surface area contributed by atoms with Crippen LogP contribution in [0.3, 0.4) is 0 Å². The van der Waals surface area contributed by atoms with E-state index in [9.17, 15) is 37.0 Å². The molecule has 0 atom stereocenters. The lowest BCUT2D eigenvalue weighted by molar-refractivity contribution is -0.140. The number of aromatic nitrogens is 1. The van der Waals surface area contributed by atoms with Gasteiger partial charge in [-0.25, -0.2) is 13.8 Å². The summed E-state index contributed by atoms with van der Waals surface area (Å²) in [6.07, 6.45) is -2.41. The number of halogens is 5. The first-order chi connectivity index (χ1) is 15.0. The van der Waals surface area contributed by atoms with Gasteiger partial charge in [0.15, 0.2) is 23.0 Å². The van der Waals surface area contributed by atoms with Gasteiger partial charge in [-0.1, -0.05) is 0 Å². The number of hydrogen-bond donors (Lipinski definition) is 3. The van der Waals surface area contributed by atoms with Crippen LogP contribution >= 0.6 is 0 Å². The number of fused-ring (bicyclic) bond motifs is 1. The van der Waals surface area contributed by atoms with Crippen molar-refractivity contribution in [2.24, 2.45) is 0 Å². The topological polar surface area (TPSA) is 95.6 Å². The number of aromatic hydroxyl groups is 1. The summed E-state index contributed by atoms with van der Waals surface area (Å²) < 4.78 is 72.4. The fraction of sp³-hybridized carbons (Fsp3) is 0.333. The lowest BCUT2D eigenvalue weighted by atomic mass is 9.74. The molecular formula is C21H17F5N2O4. The lowest BCUT2D eigenvalue weighted by Gasteiger charge is -2.42. The Kier molecular flexibility index (Phi) is 5.32. The van der Waals surface area contributed by atoms with Crippen molar-refractivity contribution in [2.75, 3.05) is 6.61 Å². The van der Waals surface area contributed by atoms with Crippen LogP contribution in [-0.4, -0.2) is 33.3 Å². The third kappa shape index (κ3) is 3.77. The van der Waals surface area contributed by atoms with Crippen molar-refractivity contribution in [2.45, 2.75) is 37.4 Å². The number of oxazole rings is 1. The Labute approximate surface area is 177 Å². The van der Waals surface area contributed by atoms with Gasteiger partial charge in [0.2, 0.25) is 5.89 Å². The standard InChI is InChI=1S/C21H17F5N2O4/c22-15-11(9-12(21(24,25)26)16(23)17(15)30)19-27-13-8-10(2-3-14(13)32-19)18(31)28-20(6-7-29)4-1-5-20/h2-3,8-9,29-30H,1,4-7H2,(H,28,31). The Hall–Kier alpha value is -3.21. The third-order valence-corrected chi connectivity index (χ3v) is 5.64. The van der Waals surface area contributed by atoms with E-state index in [-0.39, 0.29) is 29.3 Å². The van der Waals surface area contributed by atoms with Crippen molar-refractivity contribution in [1.82, 2.24) is 10.3 Å². The highest BCUT2D eigenvalue weighted by Gasteiger charge is 2.39. The van der Waals surface area contributed by atoms with Gasteiger partial charge in [-0.05, 0) is 49.9 Å². The van der Waals surface area contributed by atoms with Gasteiger partial charge in [-0.2, -0.15) is 13.2 Å². The Morgan fingerprint density at radius 1 is 1.19 bits per heavy atom. The number of rotatable bonds is 5. The van der Waals surface area contributed by atoms with Crippen LogP contribution in [0.2, 0.25) is 0 Å². The van der Waals surface area contributed by atoms with Crippen molar-refractivity contribution in [3.63, 3.8) is 0 Å². The minimum Gasteiger partial charge on any atom is -0.503 e. The van der Waals surface area contributed by atoms with E-state index in [1.54, 1.807) is 0 Å². The molecule has 1 aromatic heterocycles. The van der Waals surface area contributed by atoms with Gasteiger partial charge < -0.3 is 19.9 Å². The average Bonchev–Trinajstić information content (AvgIpc) is 3.12. The highest BCUT2D eigenvalue weighted by Crippen LogP contribution is 2.41. The molecule has 6 nitrogen and oxygen atoms in total. The number of phenols is 1. The minimum absolute atomic E-state index is 0.0436. The van der Waals surface area contributed by atoms with Crippen LogP contribution in [0.1, 0.15) is 41.6 Å². The van der Waals surface area contributed by atoms with Gasteiger partial charge >= 0.3 is 6.18 Å². The first kappa shape index (κ1) is 22.0. The van der Waals surface area contributed by atoms with Gasteiger partial charge in [-0.3, -0.25) is 4.79 Å². The van der Waals surface area contributed by atoms with Crippen molar-refractivity contribution >= 4 is 17.0 Å². The first-order valence-corrected chi connectivity index (χ1v) is 9.67. The summed E-state index contributed by atoms with van der Waals surface area (Å²) in [5.41, 5.74) is -2.96. The number of carbonyl (C=O) groups is 1. The molecule has 32 heavy (non-hydrogen) atoms. The number of hydrogen-bond acceptors (Lipinski definition) is 5. The molecule has 1 aliphatic carbocycles. The van der Waals surface area contributed by atoms with Crippen LogP contribution in [0.15, 0.2) is 28.7 Å². The van der Waals surface area contributed by atoms with Gasteiger partial charge in [0, 0.05) is 17.7 Å². The van der Waals surface area contributed by atoms with Crippen molar-refractivity contribution < 1.29 is 41.4 Å². The van der Waals surface area contributed by atoms with Crippen LogP contribution in [-0.2, 0) is 6.18 Å². The second-order valence-corrected chi connectivity index (χ2v) is 7.71. The largest absolute Gasteiger partial charge is 0.503 e. The lowest BCUT2D eigenvalue weighted by Crippen LogP contribution is -2.54. The molecule has 0 unspecified atom stereocenters. The molecule has 0 spiro atoms. The second kappa shape index (κ2) is 7.73. The Morgan fingerprint density at radius 2 is 1.91 bits per heavy atom. The molecule has 0 radical (unpaired) electrons. The van der Waals surface area contributed by atoms with E-state index in [1.807, 2.05) is 0 Å². The van der Waals surface area contributed by atoms with Gasteiger partial charge in [0.25, 0.3) is 5.91 Å². The van der Waals surface area contributed by atoms with E-state index in [0.717, 1.165) is 19.3 Å². The summed E-state index contributed by atoms with van der Waals surface area (Å²) in [7, 11) is 0. The fourth-order valence-corrected chi connectivity index (χ4v) is 3.74. The Morgan fingerprint density at radius 3 is 2.50 bits per heavy atom. The summed E-state index contributed by atoms with van der Waals surface area (Å²) >= 11 is 0. The smallest absolute Gasteiger partial charge is 0.419 e. The molecule has 1 fully saturated rings. The quantitative estimate of drug-likeness (QED) is 0.491. The van der Waals surface area contributed by atoms with E-state index in [0.29, 0.717) is 6.42 Å². The Balaban J connectivity index is 1.70. The summed E-state index contributed by atoms with van der Waals surface area (Å²) in [4.78, 5) is 16.5. The summed E-state index contributed by atoms with van der Waals surface area (Å²) in [6, 6.07) is 4.22. The molecule has 0 bridgehead atoms. The zero-order valence-corrected chi connectivity index (χ0v) is 16.4. The SMILES string of the molecule is O=C(NC1(CCO)CCC1)c1ccc2oc(-c3cc(C(F)(F)F)c(F)c(O)c3F)nc2c1. The molecule has 0 aliphatic heterocycles. The molecular weight excluding hydrogens is 439 g/mol. The monoisotopic (exact) mass is 456 g/mol. The predicted octanol–water partition coefficient (Wildman–Crippen LogP) is 4.53. The number of nitrogens with one attached hydrogen (secondary N) is 1. The molecule has 1 amide bonds. The predicted molar refractivity (Wildman–Crippen MR) is 102 cm³/mol. The number of aliphatic hydroxyl groups excluding tert-OH is 1. The first-order valence-electron chi connectivity index (χ1n) is 9.67. The molecule has 1 aliphatic rings. The molecule has 3 N–H and O–H groups in total. The average molecular weight is 456 g/mol. The van der Waals surface area contributed by atoms with E-state index in [2.05, 4.69) is 10.3 Å². The van der Waals surface area contributed by atoms with Gasteiger partial charge in [0.05, 0.1) is 11.1 Å². The molecule has 170 valence electrons. The van der Waals surface area contributed by atoms with E-state index >= 15 is 0 Å². The highest BCUT2D eigenvalue weighted by atomic mass is 19.4. The highest BCUT2D eigenvalue weighted by molar-refractivity contribution is 5.97. The van der Waals surface area contributed by atoms with Crippen LogP contribution in [0.4, 0.5) is 22.0 Å². The van der Waals surface area contributed by atoms with E-state index in [1.165, 1.54) is 18.2 Å². The zero-order valence-electron chi connectivity index (χ0n) is 16.4. The minimum atomic E-state index is -5.19. The number of amides is 1. The molecule has 2 aromatic carbocycles. The van der Waals surface area contributed by atoms with Crippen LogP contribution in [0, 0.1) is 11.6 Å². The molecule has 1 heterocycles. The number of aliphatic hydroxyl groups is 1. The molecule has 11 heteroatoms. The van der Waals surface area contributed by atoms with Crippen molar-refractivity contribution in [1.29, 1.82) is 0 Å². The van der Waals surface area contributed by atoms with Crippen molar-refractivity contribution in [3.05, 3.63) is 47.0 Å². The maximum absolute atomic E-state index is 14.3. The van der Waals surface area contributed by atoms with Gasteiger partial charge in [-0.15, -0.1) is 0 Å². The summed E-state index contributed by atoms with van der Waals surface area (Å²) in [5.74, 6) is -6.65. The second-order valence-electron chi connectivity index (χ2n) is 7.71. The normalized spacial score (nSPS) is 15.6. The number of nitrogens with zero attached hydrogens (tertiary/aromatic N) is 1. The summed E-state index contributed by atoms with van der Waals surface area (Å²) in [5, 5.41) is 21.6. The van der Waals surface area contributed by atoms with Crippen LogP contribution < -0.4 is 5.32 Å². The van der Waals surface area contributed by atoms with Crippen molar-refractivity contribution in [3.8, 4) is 17.2 Å². The zero-order chi connectivity index (χ0) is 23.3. The van der Waals surface area contributed by atoms with E-state index in [4.69, 9.17) is 4.42 Å². The molecule has 4 rings (SSSR count). The molecule has 3 aromatic rings. The number of alkyl halides is 3. The van der Waals surface area contributed by atoms with E-state index < -0.39 is 52.0 Å². The summed E-state index contributed by atoms with van der Waals surface area (Å²) in [6.45, 7) is -0.0814. The fourth-order valence-electron chi connectivity index (χ4n) is 3.74. The van der Waals surface area contributed by atoms with Crippen LogP contribution in [0.25, 0.3) is 22.6 Å². The number of phenolic OH excluding ortho intramolecular Hbond substituents is 1. The number of benzene rings is 2. The van der Waals surface area contributed by atoms with Gasteiger partial charge in [0.1, 0.15) is 5.52 Å². The van der Waals surface area contributed by atoms with Crippen LogP contribution in [0.5, 0.6) is 5.75 Å². The third-order valence-electron chi connectivity index (χ3n) is 5.64. The maximum atomic E-state index is 14.3. The number of carbonyl (C=O) groups excluding carboxylic acids is 1.